The van der Waals surface area contributed by atoms with Crippen LogP contribution >= 0.6 is 11.6 Å². The van der Waals surface area contributed by atoms with Crippen molar-refractivity contribution in [2.75, 3.05) is 13.1 Å². The Kier molecular flexibility index (Phi) is 7.67. The lowest BCUT2D eigenvalue weighted by Gasteiger charge is -2.32. The molecule has 1 fully saturated rings. The molecule has 6 heteroatoms. The van der Waals surface area contributed by atoms with Gasteiger partial charge in [0.2, 0.25) is 11.8 Å². The van der Waals surface area contributed by atoms with Crippen molar-refractivity contribution >= 4 is 23.4 Å². The van der Waals surface area contributed by atoms with Gasteiger partial charge in [0.25, 0.3) is 0 Å². The van der Waals surface area contributed by atoms with Crippen LogP contribution < -0.4 is 10.6 Å². The van der Waals surface area contributed by atoms with Gasteiger partial charge in [0.15, 0.2) is 0 Å². The molecule has 0 unspecified atom stereocenters. The second-order valence-electron chi connectivity index (χ2n) is 7.61. The van der Waals surface area contributed by atoms with Gasteiger partial charge in [0.05, 0.1) is 12.5 Å². The zero-order valence-electron chi connectivity index (χ0n) is 16.7. The van der Waals surface area contributed by atoms with Crippen LogP contribution in [-0.4, -0.2) is 35.8 Å². The summed E-state index contributed by atoms with van der Waals surface area (Å²) in [6.45, 7) is 4.27. The number of piperidine rings is 1. The van der Waals surface area contributed by atoms with Crippen molar-refractivity contribution in [2.24, 2.45) is 0 Å². The molecule has 0 saturated carbocycles. The monoisotopic (exact) mass is 413 g/mol. The number of halogens is 1. The van der Waals surface area contributed by atoms with E-state index in [2.05, 4.69) is 27.7 Å². The molecule has 154 valence electrons. The molecular weight excluding hydrogens is 386 g/mol. The summed E-state index contributed by atoms with van der Waals surface area (Å²) in [7, 11) is 0. The topological polar surface area (TPSA) is 61.4 Å². The smallest absolute Gasteiger partial charge is 0.222 e. The number of hydrogen-bond acceptors (Lipinski definition) is 3. The van der Waals surface area contributed by atoms with E-state index in [1.165, 1.54) is 12.5 Å². The van der Waals surface area contributed by atoms with Crippen LogP contribution in [0.4, 0.5) is 0 Å². The summed E-state index contributed by atoms with van der Waals surface area (Å²) in [5.41, 5.74) is 2.19. The first-order valence-electron chi connectivity index (χ1n) is 10.1. The number of nitrogens with one attached hydrogen (secondary N) is 2. The minimum absolute atomic E-state index is 0.0243. The number of hydrogen-bond donors (Lipinski definition) is 2. The molecule has 3 rings (SSSR count). The van der Waals surface area contributed by atoms with Crippen LogP contribution in [-0.2, 0) is 16.1 Å². The van der Waals surface area contributed by atoms with Gasteiger partial charge in [-0.3, -0.25) is 14.5 Å². The molecule has 1 saturated heterocycles. The summed E-state index contributed by atoms with van der Waals surface area (Å²) in [6, 6.07) is 17.4. The Hall–Kier alpha value is -2.37. The van der Waals surface area contributed by atoms with Gasteiger partial charge in [-0.05, 0) is 36.1 Å². The van der Waals surface area contributed by atoms with Crippen molar-refractivity contribution in [3.8, 4) is 0 Å². The molecule has 2 N–H and O–H groups in total. The number of carbonyl (C=O) groups excluding carboxylic acids is 2. The molecule has 0 bridgehead atoms. The van der Waals surface area contributed by atoms with Crippen LogP contribution in [0.3, 0.4) is 0 Å². The summed E-state index contributed by atoms with van der Waals surface area (Å²) >= 11 is 5.95. The third-order valence-electron chi connectivity index (χ3n) is 5.24. The molecule has 2 aromatic rings. The quantitative estimate of drug-likeness (QED) is 0.727. The minimum atomic E-state index is -0.307. The lowest BCUT2D eigenvalue weighted by Crippen LogP contribution is -2.45. The van der Waals surface area contributed by atoms with Crippen LogP contribution in [0.1, 0.15) is 43.4 Å². The fourth-order valence-corrected chi connectivity index (χ4v) is 3.86. The van der Waals surface area contributed by atoms with Crippen molar-refractivity contribution in [3.63, 3.8) is 0 Å². The highest BCUT2D eigenvalue weighted by Crippen LogP contribution is 2.19. The average Bonchev–Trinajstić information content (AvgIpc) is 2.71. The van der Waals surface area contributed by atoms with Gasteiger partial charge in [0, 0.05) is 37.6 Å². The summed E-state index contributed by atoms with van der Waals surface area (Å²) < 4.78 is 0. The van der Waals surface area contributed by atoms with Crippen LogP contribution in [0.5, 0.6) is 0 Å². The Balaban J connectivity index is 1.47. The Morgan fingerprint density at radius 2 is 1.72 bits per heavy atom. The lowest BCUT2D eigenvalue weighted by molar-refractivity contribution is -0.123. The maximum atomic E-state index is 12.6. The molecule has 1 heterocycles. The Labute approximate surface area is 177 Å². The van der Waals surface area contributed by atoms with Gasteiger partial charge in [-0.25, -0.2) is 0 Å². The van der Waals surface area contributed by atoms with Gasteiger partial charge < -0.3 is 10.6 Å². The zero-order valence-corrected chi connectivity index (χ0v) is 17.5. The summed E-state index contributed by atoms with van der Waals surface area (Å²) in [6.07, 6.45) is 2.10. The first-order chi connectivity index (χ1) is 14.0. The van der Waals surface area contributed by atoms with Gasteiger partial charge >= 0.3 is 0 Å². The van der Waals surface area contributed by atoms with E-state index in [1.54, 1.807) is 0 Å². The van der Waals surface area contributed by atoms with E-state index >= 15 is 0 Å². The number of likely N-dealkylation sites (tertiary alicyclic amines) is 1. The van der Waals surface area contributed by atoms with Crippen molar-refractivity contribution in [2.45, 2.75) is 44.8 Å². The molecule has 1 aliphatic heterocycles. The molecule has 2 amide bonds. The number of nitrogens with zero attached hydrogens (tertiary/aromatic N) is 1. The van der Waals surface area contributed by atoms with Crippen molar-refractivity contribution in [3.05, 3.63) is 70.7 Å². The van der Waals surface area contributed by atoms with Gasteiger partial charge in [0.1, 0.15) is 0 Å². The standard InChI is InChI=1S/C23H28ClN3O2/c1-17(28)25-22(19-5-3-2-4-6-19)15-23(29)26-21-11-13-27(14-12-21)16-18-7-9-20(24)10-8-18/h2-10,21-22H,11-16H2,1H3,(H,25,28)(H,26,29)/t22-/m0/s1. The number of rotatable bonds is 7. The van der Waals surface area contributed by atoms with Gasteiger partial charge in [-0.2, -0.15) is 0 Å². The highest BCUT2D eigenvalue weighted by atomic mass is 35.5. The van der Waals surface area contributed by atoms with E-state index in [4.69, 9.17) is 11.6 Å². The van der Waals surface area contributed by atoms with Crippen molar-refractivity contribution in [1.29, 1.82) is 0 Å². The molecule has 0 aromatic heterocycles. The Morgan fingerprint density at radius 3 is 2.34 bits per heavy atom. The molecule has 29 heavy (non-hydrogen) atoms. The molecule has 0 aliphatic carbocycles. The van der Waals surface area contributed by atoms with Crippen LogP contribution in [0.2, 0.25) is 5.02 Å². The van der Waals surface area contributed by atoms with Crippen LogP contribution in [0.15, 0.2) is 54.6 Å². The molecule has 5 nitrogen and oxygen atoms in total. The molecule has 0 radical (unpaired) electrons. The van der Waals surface area contributed by atoms with E-state index in [-0.39, 0.29) is 30.3 Å². The Bertz CT molecular complexity index is 803. The minimum Gasteiger partial charge on any atom is -0.353 e. The van der Waals surface area contributed by atoms with Crippen molar-refractivity contribution < 1.29 is 9.59 Å². The maximum Gasteiger partial charge on any atom is 0.222 e. The summed E-state index contributed by atoms with van der Waals surface area (Å²) in [5, 5.41) is 6.79. The SMILES string of the molecule is CC(=O)N[C@@H](CC(=O)NC1CCN(Cc2ccc(Cl)cc2)CC1)c1ccccc1. The highest BCUT2D eigenvalue weighted by Gasteiger charge is 2.23. The van der Waals surface area contributed by atoms with E-state index < -0.39 is 0 Å². The Morgan fingerprint density at radius 1 is 1.07 bits per heavy atom. The molecular formula is C23H28ClN3O2. The van der Waals surface area contributed by atoms with E-state index in [0.29, 0.717) is 0 Å². The van der Waals surface area contributed by atoms with Crippen LogP contribution in [0.25, 0.3) is 0 Å². The van der Waals surface area contributed by atoms with E-state index in [0.717, 1.165) is 43.1 Å². The van der Waals surface area contributed by atoms with E-state index in [9.17, 15) is 9.59 Å². The van der Waals surface area contributed by atoms with Gasteiger partial charge in [-0.15, -0.1) is 0 Å². The van der Waals surface area contributed by atoms with E-state index in [1.807, 2.05) is 42.5 Å². The first kappa shape index (κ1) is 21.3. The number of amides is 2. The second kappa shape index (κ2) is 10.4. The summed E-state index contributed by atoms with van der Waals surface area (Å²) in [4.78, 5) is 26.5. The molecule has 1 atom stereocenters. The number of carbonyl (C=O) groups is 2. The van der Waals surface area contributed by atoms with Gasteiger partial charge in [-0.1, -0.05) is 54.1 Å². The lowest BCUT2D eigenvalue weighted by atomic mass is 10.0. The average molecular weight is 414 g/mol. The molecule has 0 spiro atoms. The second-order valence-corrected chi connectivity index (χ2v) is 8.05. The maximum absolute atomic E-state index is 12.6. The highest BCUT2D eigenvalue weighted by molar-refractivity contribution is 6.30. The predicted octanol–water partition coefficient (Wildman–Crippen LogP) is 3.69. The fourth-order valence-electron chi connectivity index (χ4n) is 3.74. The first-order valence-corrected chi connectivity index (χ1v) is 10.5. The fraction of sp³-hybridized carbons (Fsp3) is 0.391. The summed E-state index contributed by atoms with van der Waals surface area (Å²) in [5.74, 6) is -0.161. The third-order valence-corrected chi connectivity index (χ3v) is 5.49. The third kappa shape index (κ3) is 6.87. The van der Waals surface area contributed by atoms with Crippen LogP contribution in [0, 0.1) is 0 Å². The van der Waals surface area contributed by atoms with Crippen molar-refractivity contribution in [1.82, 2.24) is 15.5 Å². The predicted molar refractivity (Wildman–Crippen MR) is 116 cm³/mol. The molecule has 2 aromatic carbocycles. The molecule has 1 aliphatic rings. The number of benzene rings is 2. The normalized spacial score (nSPS) is 16.2. The largest absolute Gasteiger partial charge is 0.353 e. The zero-order chi connectivity index (χ0) is 20.6.